The van der Waals surface area contributed by atoms with E-state index in [0.717, 1.165) is 12.2 Å². The summed E-state index contributed by atoms with van der Waals surface area (Å²) in [4.78, 5) is -0.00300. The van der Waals surface area contributed by atoms with Crippen LogP contribution in [0.3, 0.4) is 0 Å². The predicted molar refractivity (Wildman–Crippen MR) is 90.3 cm³/mol. The van der Waals surface area contributed by atoms with Gasteiger partial charge in [0, 0.05) is 18.0 Å². The lowest BCUT2D eigenvalue weighted by atomic mass is 10.3. The first-order valence-corrected chi connectivity index (χ1v) is 9.48. The highest BCUT2D eigenvalue weighted by Gasteiger charge is 2.36. The molecule has 0 N–H and O–H groups in total. The topological polar surface area (TPSA) is 50.5 Å². The molecular formula is C16H17Cl2NO3S. The molecule has 1 aromatic carbocycles. The van der Waals surface area contributed by atoms with Crippen molar-refractivity contribution >= 4 is 33.2 Å². The minimum absolute atomic E-state index is 0.00300. The molecule has 2 aromatic rings. The van der Waals surface area contributed by atoms with E-state index >= 15 is 0 Å². The third kappa shape index (κ3) is 3.43. The van der Waals surface area contributed by atoms with Gasteiger partial charge < -0.3 is 4.42 Å². The number of halogens is 2. The summed E-state index contributed by atoms with van der Waals surface area (Å²) in [5, 5.41) is 0.470. The van der Waals surface area contributed by atoms with Crippen LogP contribution in [-0.4, -0.2) is 19.8 Å². The fraction of sp³-hybridized carbons (Fsp3) is 0.375. The molecule has 23 heavy (non-hydrogen) atoms. The number of rotatable bonds is 5. The lowest BCUT2D eigenvalue weighted by Gasteiger charge is -2.17. The second-order valence-corrected chi connectivity index (χ2v) is 8.82. The Morgan fingerprint density at radius 2 is 1.96 bits per heavy atom. The number of hydrogen-bond acceptors (Lipinski definition) is 3. The molecule has 1 heterocycles. The monoisotopic (exact) mass is 373 g/mol. The van der Waals surface area contributed by atoms with Gasteiger partial charge in [0.05, 0.1) is 11.6 Å². The van der Waals surface area contributed by atoms with E-state index in [4.69, 9.17) is 27.6 Å². The fourth-order valence-electron chi connectivity index (χ4n) is 2.54. The van der Waals surface area contributed by atoms with Gasteiger partial charge in [0.25, 0.3) is 0 Å². The Kier molecular flexibility index (Phi) is 4.49. The van der Waals surface area contributed by atoms with Crippen molar-refractivity contribution in [2.75, 3.05) is 7.05 Å². The second kappa shape index (κ2) is 6.13. The zero-order valence-electron chi connectivity index (χ0n) is 12.8. The summed E-state index contributed by atoms with van der Waals surface area (Å²) < 4.78 is 32.3. The Balaban J connectivity index is 1.80. The van der Waals surface area contributed by atoms with Gasteiger partial charge >= 0.3 is 0 Å². The van der Waals surface area contributed by atoms with Crippen LogP contribution in [0.5, 0.6) is 0 Å². The van der Waals surface area contributed by atoms with Gasteiger partial charge in [-0.25, -0.2) is 8.42 Å². The van der Waals surface area contributed by atoms with Crippen molar-refractivity contribution in [2.45, 2.75) is 30.7 Å². The van der Waals surface area contributed by atoms with Crippen molar-refractivity contribution in [3.63, 3.8) is 0 Å². The van der Waals surface area contributed by atoms with Gasteiger partial charge in [-0.05, 0) is 42.7 Å². The summed E-state index contributed by atoms with van der Waals surface area (Å²) in [6.07, 6.45) is 1.12. The highest BCUT2D eigenvalue weighted by molar-refractivity contribution is 7.89. The van der Waals surface area contributed by atoms with Crippen molar-refractivity contribution in [1.29, 1.82) is 0 Å². The molecule has 0 unspecified atom stereocenters. The summed E-state index contributed by atoms with van der Waals surface area (Å²) in [5.74, 6) is 2.65. The summed E-state index contributed by atoms with van der Waals surface area (Å²) in [5.41, 5.74) is 0. The number of nitrogens with zero attached hydrogens (tertiary/aromatic N) is 1. The molecule has 2 atom stereocenters. The van der Waals surface area contributed by atoms with Crippen molar-refractivity contribution in [3.8, 4) is 0 Å². The first kappa shape index (κ1) is 16.8. The van der Waals surface area contributed by atoms with Gasteiger partial charge in [-0.15, -0.1) is 0 Å². The van der Waals surface area contributed by atoms with Crippen molar-refractivity contribution in [3.05, 3.63) is 51.9 Å². The number of sulfonamides is 1. The van der Waals surface area contributed by atoms with E-state index in [-0.39, 0.29) is 16.5 Å². The summed E-state index contributed by atoms with van der Waals surface area (Å²) >= 11 is 11.9. The van der Waals surface area contributed by atoms with E-state index in [1.807, 2.05) is 12.1 Å². The average molecular weight is 374 g/mol. The van der Waals surface area contributed by atoms with E-state index in [2.05, 4.69) is 6.92 Å². The molecule has 4 nitrogen and oxygen atoms in total. The number of benzene rings is 1. The molecule has 1 fully saturated rings. The maximum absolute atomic E-state index is 12.7. The summed E-state index contributed by atoms with van der Waals surface area (Å²) in [7, 11) is -2.24. The zero-order valence-corrected chi connectivity index (χ0v) is 15.1. The van der Waals surface area contributed by atoms with Gasteiger partial charge in [0.2, 0.25) is 10.0 Å². The van der Waals surface area contributed by atoms with Crippen molar-refractivity contribution < 1.29 is 12.8 Å². The summed E-state index contributed by atoms with van der Waals surface area (Å²) in [6.45, 7) is 2.32. The molecule has 1 aliphatic rings. The van der Waals surface area contributed by atoms with E-state index in [1.54, 1.807) is 6.07 Å². The van der Waals surface area contributed by atoms with Crippen LogP contribution < -0.4 is 0 Å². The maximum atomic E-state index is 12.7. The lowest BCUT2D eigenvalue weighted by Crippen LogP contribution is -2.26. The van der Waals surface area contributed by atoms with Crippen molar-refractivity contribution in [2.24, 2.45) is 5.92 Å². The van der Waals surface area contributed by atoms with Gasteiger partial charge in [-0.1, -0.05) is 30.1 Å². The predicted octanol–water partition coefficient (Wildman–Crippen LogP) is 4.53. The van der Waals surface area contributed by atoms with Gasteiger partial charge in [-0.3, -0.25) is 0 Å². The molecule has 1 aliphatic carbocycles. The van der Waals surface area contributed by atoms with E-state index in [0.29, 0.717) is 22.6 Å². The molecular weight excluding hydrogens is 357 g/mol. The molecule has 3 rings (SSSR count). The second-order valence-electron chi connectivity index (χ2n) is 5.96. The van der Waals surface area contributed by atoms with E-state index in [1.165, 1.54) is 23.5 Å². The van der Waals surface area contributed by atoms with Crippen molar-refractivity contribution in [1.82, 2.24) is 4.31 Å². The largest absolute Gasteiger partial charge is 0.464 e. The van der Waals surface area contributed by atoms with Crippen LogP contribution in [0.2, 0.25) is 10.0 Å². The molecule has 0 aliphatic heterocycles. The number of hydrogen-bond donors (Lipinski definition) is 0. The van der Waals surface area contributed by atoms with Crippen LogP contribution in [0.15, 0.2) is 39.6 Å². The highest BCUT2D eigenvalue weighted by Crippen LogP contribution is 2.47. The molecule has 0 amide bonds. The first-order valence-electron chi connectivity index (χ1n) is 7.29. The van der Waals surface area contributed by atoms with Gasteiger partial charge in [-0.2, -0.15) is 4.31 Å². The third-order valence-electron chi connectivity index (χ3n) is 4.12. The van der Waals surface area contributed by atoms with E-state index in [9.17, 15) is 8.42 Å². The molecule has 0 spiro atoms. The standard InChI is InChI=1S/C16H17Cl2NO3S/c1-10-7-13(10)15-6-4-12(22-15)9-19(2)23(20,21)16-8-11(17)3-5-14(16)18/h3-6,8,10,13H,7,9H2,1-2H3/t10-,13-/m1/s1. The minimum Gasteiger partial charge on any atom is -0.464 e. The quantitative estimate of drug-likeness (QED) is 0.773. The van der Waals surface area contributed by atoms with Crippen LogP contribution in [0, 0.1) is 5.92 Å². The highest BCUT2D eigenvalue weighted by atomic mass is 35.5. The average Bonchev–Trinajstić information content (AvgIpc) is 3.04. The van der Waals surface area contributed by atoms with E-state index < -0.39 is 10.0 Å². The molecule has 0 bridgehead atoms. The van der Waals surface area contributed by atoms with Crippen LogP contribution in [0.4, 0.5) is 0 Å². The third-order valence-corrected chi connectivity index (χ3v) is 6.64. The number of furan rings is 1. The van der Waals surface area contributed by atoms with Crippen LogP contribution >= 0.6 is 23.2 Å². The Labute approximate surface area is 146 Å². The Bertz CT molecular complexity index is 832. The van der Waals surface area contributed by atoms with Crippen LogP contribution in [0.1, 0.15) is 30.8 Å². The Morgan fingerprint density at radius 1 is 1.26 bits per heavy atom. The van der Waals surface area contributed by atoms with Gasteiger partial charge in [0.15, 0.2) is 0 Å². The zero-order chi connectivity index (χ0) is 16.8. The molecule has 7 heteroatoms. The molecule has 124 valence electrons. The SMILES string of the molecule is C[C@@H]1C[C@H]1c1ccc(CN(C)S(=O)(=O)c2cc(Cl)ccc2Cl)o1. The molecule has 0 radical (unpaired) electrons. The van der Waals surface area contributed by atoms with Crippen LogP contribution in [-0.2, 0) is 16.6 Å². The first-order chi connectivity index (χ1) is 10.8. The lowest BCUT2D eigenvalue weighted by molar-refractivity contribution is 0.390. The molecule has 1 saturated carbocycles. The minimum atomic E-state index is -3.74. The molecule has 0 saturated heterocycles. The maximum Gasteiger partial charge on any atom is 0.244 e. The fourth-order valence-corrected chi connectivity index (χ4v) is 4.41. The summed E-state index contributed by atoms with van der Waals surface area (Å²) in [6, 6.07) is 8.14. The smallest absolute Gasteiger partial charge is 0.244 e. The molecule has 1 aromatic heterocycles. The van der Waals surface area contributed by atoms with Crippen LogP contribution in [0.25, 0.3) is 0 Å². The Morgan fingerprint density at radius 3 is 2.61 bits per heavy atom. The van der Waals surface area contributed by atoms with Gasteiger partial charge in [0.1, 0.15) is 16.4 Å². The Hall–Kier alpha value is -1.01. The normalized spacial score (nSPS) is 20.9.